The first kappa shape index (κ1) is 19.2. The molecule has 0 aromatic heterocycles. The molecule has 0 aliphatic heterocycles. The first-order valence-corrected chi connectivity index (χ1v) is 10.7. The maximum absolute atomic E-state index is 3.53. The summed E-state index contributed by atoms with van der Waals surface area (Å²) in [6, 6.07) is 25.9. The Morgan fingerprint density at radius 1 is 0.615 bits per heavy atom. The fourth-order valence-corrected chi connectivity index (χ4v) is 3.55. The van der Waals surface area contributed by atoms with Gasteiger partial charge in [-0.3, -0.25) is 0 Å². The molecule has 134 valence electrons. The Bertz CT molecular complexity index is 763. The van der Waals surface area contributed by atoms with E-state index in [-0.39, 0.29) is 0 Å². The van der Waals surface area contributed by atoms with Gasteiger partial charge in [0.05, 0.1) is 0 Å². The summed E-state index contributed by atoms with van der Waals surface area (Å²) in [5.41, 5.74) is 4.88. The van der Waals surface area contributed by atoms with Crippen LogP contribution in [0.15, 0.2) is 81.7 Å². The lowest BCUT2D eigenvalue weighted by atomic mass is 10.1. The molecule has 0 atom stereocenters. The maximum Gasteiger partial charge on any atom is 0.0462 e. The minimum Gasteiger partial charge on any atom is -0.311 e. The Balaban J connectivity index is 1.92. The molecule has 3 aromatic rings. The van der Waals surface area contributed by atoms with Gasteiger partial charge in [0, 0.05) is 26.0 Å². The van der Waals surface area contributed by atoms with Gasteiger partial charge in [0.15, 0.2) is 0 Å². The minimum atomic E-state index is 1.09. The van der Waals surface area contributed by atoms with Crippen LogP contribution in [-0.4, -0.2) is 0 Å². The molecule has 1 nitrogen and oxygen atoms in total. The Hall–Kier alpha value is -1.58. The van der Waals surface area contributed by atoms with E-state index in [2.05, 4.69) is 116 Å². The van der Waals surface area contributed by atoms with Gasteiger partial charge in [0.1, 0.15) is 0 Å². The average molecular weight is 473 g/mol. The number of benzene rings is 3. The molecule has 0 saturated carbocycles. The number of anilines is 3. The molecule has 0 spiro atoms. The smallest absolute Gasteiger partial charge is 0.0462 e. The summed E-state index contributed by atoms with van der Waals surface area (Å²) in [5.74, 6) is 0. The average Bonchev–Trinajstić information content (AvgIpc) is 2.66. The highest BCUT2D eigenvalue weighted by Crippen LogP contribution is 2.35. The topological polar surface area (TPSA) is 3.24 Å². The molecule has 0 unspecified atom stereocenters. The zero-order valence-electron chi connectivity index (χ0n) is 15.0. The van der Waals surface area contributed by atoms with Crippen LogP contribution in [0.1, 0.15) is 31.7 Å². The molecule has 0 radical (unpaired) electrons. The first-order chi connectivity index (χ1) is 12.7. The van der Waals surface area contributed by atoms with Gasteiger partial charge in [0.2, 0.25) is 0 Å². The van der Waals surface area contributed by atoms with Crippen LogP contribution < -0.4 is 4.90 Å². The lowest BCUT2D eigenvalue weighted by molar-refractivity contribution is 0.717. The second-order valence-corrected chi connectivity index (χ2v) is 8.24. The van der Waals surface area contributed by atoms with E-state index in [9.17, 15) is 0 Å². The lowest BCUT2D eigenvalue weighted by Gasteiger charge is -2.25. The molecule has 3 aromatic carbocycles. The van der Waals surface area contributed by atoms with Crippen molar-refractivity contribution >= 4 is 48.9 Å². The van der Waals surface area contributed by atoms with Gasteiger partial charge in [-0.25, -0.2) is 0 Å². The number of halogens is 2. The standard InChI is InChI=1S/C23H23Br2N/c1-2-3-4-5-18-6-12-21(13-7-18)26(22-14-8-19(24)9-15-22)23-16-10-20(25)11-17-23/h6-17H,2-5H2,1H3. The van der Waals surface area contributed by atoms with Gasteiger partial charge in [-0.1, -0.05) is 63.8 Å². The third kappa shape index (κ3) is 4.99. The Kier molecular flexibility index (Phi) is 6.93. The third-order valence-corrected chi connectivity index (χ3v) is 5.49. The highest BCUT2D eigenvalue weighted by molar-refractivity contribution is 9.10. The van der Waals surface area contributed by atoms with Gasteiger partial charge in [0.25, 0.3) is 0 Å². The van der Waals surface area contributed by atoms with E-state index < -0.39 is 0 Å². The molecule has 0 aliphatic carbocycles. The Morgan fingerprint density at radius 3 is 1.46 bits per heavy atom. The molecule has 0 amide bonds. The molecule has 3 heteroatoms. The number of nitrogens with zero attached hydrogens (tertiary/aromatic N) is 1. The fourth-order valence-electron chi connectivity index (χ4n) is 3.02. The van der Waals surface area contributed by atoms with Crippen molar-refractivity contribution in [3.05, 3.63) is 87.3 Å². The van der Waals surface area contributed by atoms with Crippen LogP contribution in [0.5, 0.6) is 0 Å². The summed E-state index contributed by atoms with van der Waals surface area (Å²) < 4.78 is 2.17. The van der Waals surface area contributed by atoms with Crippen LogP contribution in [0.2, 0.25) is 0 Å². The number of unbranched alkanes of at least 4 members (excludes halogenated alkanes) is 2. The van der Waals surface area contributed by atoms with Crippen molar-refractivity contribution in [1.29, 1.82) is 0 Å². The van der Waals surface area contributed by atoms with Crippen molar-refractivity contribution < 1.29 is 0 Å². The van der Waals surface area contributed by atoms with Gasteiger partial charge in [-0.2, -0.15) is 0 Å². The van der Waals surface area contributed by atoms with Gasteiger partial charge in [-0.15, -0.1) is 0 Å². The summed E-state index contributed by atoms with van der Waals surface area (Å²) in [6.45, 7) is 2.25. The molecule has 0 bridgehead atoms. The van der Waals surface area contributed by atoms with Crippen LogP contribution in [0.4, 0.5) is 17.1 Å². The van der Waals surface area contributed by atoms with Crippen molar-refractivity contribution in [2.24, 2.45) is 0 Å². The van der Waals surface area contributed by atoms with E-state index >= 15 is 0 Å². The van der Waals surface area contributed by atoms with E-state index in [4.69, 9.17) is 0 Å². The van der Waals surface area contributed by atoms with Crippen LogP contribution in [0.3, 0.4) is 0 Å². The van der Waals surface area contributed by atoms with Gasteiger partial charge < -0.3 is 4.90 Å². The van der Waals surface area contributed by atoms with E-state index in [0.717, 1.165) is 26.7 Å². The zero-order chi connectivity index (χ0) is 18.4. The number of hydrogen-bond acceptors (Lipinski definition) is 1. The molecule has 0 heterocycles. The van der Waals surface area contributed by atoms with Crippen molar-refractivity contribution in [3.8, 4) is 0 Å². The predicted octanol–water partition coefficient (Wildman–Crippen LogP) is 8.41. The van der Waals surface area contributed by atoms with Crippen molar-refractivity contribution in [2.45, 2.75) is 32.6 Å². The minimum absolute atomic E-state index is 1.09. The molecule has 26 heavy (non-hydrogen) atoms. The van der Waals surface area contributed by atoms with E-state index in [1.165, 1.54) is 30.5 Å². The lowest BCUT2D eigenvalue weighted by Crippen LogP contribution is -2.09. The molecular formula is C23H23Br2N. The molecule has 0 fully saturated rings. The Morgan fingerprint density at radius 2 is 1.04 bits per heavy atom. The van der Waals surface area contributed by atoms with E-state index in [0.29, 0.717) is 0 Å². The second-order valence-electron chi connectivity index (χ2n) is 6.41. The largest absolute Gasteiger partial charge is 0.311 e. The number of aryl methyl sites for hydroxylation is 1. The third-order valence-electron chi connectivity index (χ3n) is 4.43. The summed E-state index contributed by atoms with van der Waals surface area (Å²) >= 11 is 7.06. The predicted molar refractivity (Wildman–Crippen MR) is 120 cm³/mol. The normalized spacial score (nSPS) is 10.7. The van der Waals surface area contributed by atoms with Crippen molar-refractivity contribution in [3.63, 3.8) is 0 Å². The highest BCUT2D eigenvalue weighted by Gasteiger charge is 2.12. The highest BCUT2D eigenvalue weighted by atomic mass is 79.9. The quantitative estimate of drug-likeness (QED) is 0.312. The SMILES string of the molecule is CCCCCc1ccc(N(c2ccc(Br)cc2)c2ccc(Br)cc2)cc1. The fraction of sp³-hybridized carbons (Fsp3) is 0.217. The van der Waals surface area contributed by atoms with Gasteiger partial charge >= 0.3 is 0 Å². The summed E-state index contributed by atoms with van der Waals surface area (Å²) in [6.07, 6.45) is 4.98. The van der Waals surface area contributed by atoms with Crippen LogP contribution in [0.25, 0.3) is 0 Å². The summed E-state index contributed by atoms with van der Waals surface area (Å²) in [7, 11) is 0. The summed E-state index contributed by atoms with van der Waals surface area (Å²) in [4.78, 5) is 2.29. The van der Waals surface area contributed by atoms with Crippen LogP contribution >= 0.6 is 31.9 Å². The van der Waals surface area contributed by atoms with Crippen LogP contribution in [-0.2, 0) is 6.42 Å². The molecule has 0 aliphatic rings. The maximum atomic E-state index is 3.53. The molecule has 0 saturated heterocycles. The van der Waals surface area contributed by atoms with Crippen LogP contribution in [0, 0.1) is 0 Å². The molecule has 0 N–H and O–H groups in total. The molecular weight excluding hydrogens is 450 g/mol. The first-order valence-electron chi connectivity index (χ1n) is 9.07. The number of hydrogen-bond donors (Lipinski definition) is 0. The van der Waals surface area contributed by atoms with E-state index in [1.807, 2.05) is 0 Å². The Labute approximate surface area is 173 Å². The second kappa shape index (κ2) is 9.38. The number of rotatable bonds is 7. The van der Waals surface area contributed by atoms with Crippen molar-refractivity contribution in [1.82, 2.24) is 0 Å². The van der Waals surface area contributed by atoms with Crippen molar-refractivity contribution in [2.75, 3.05) is 4.90 Å². The monoisotopic (exact) mass is 471 g/mol. The molecule has 3 rings (SSSR count). The zero-order valence-corrected chi connectivity index (χ0v) is 18.1. The van der Waals surface area contributed by atoms with E-state index in [1.54, 1.807) is 0 Å². The van der Waals surface area contributed by atoms with Gasteiger partial charge in [-0.05, 0) is 79.1 Å². The summed E-state index contributed by atoms with van der Waals surface area (Å²) in [5, 5.41) is 0.